The number of hydrogen-bond donors (Lipinski definition) is 0. The maximum absolute atomic E-state index is 2.67. The monoisotopic (exact) mass is 949 g/mol. The van der Waals surface area contributed by atoms with E-state index in [-0.39, 0.29) is 10.8 Å². The average molecular weight is 950 g/mol. The van der Waals surface area contributed by atoms with Gasteiger partial charge in [0.1, 0.15) is 0 Å². The molecule has 0 unspecified atom stereocenters. The molecule has 0 atom stereocenters. The highest BCUT2D eigenvalue weighted by atomic mass is 15.1. The lowest BCUT2D eigenvalue weighted by molar-refractivity contribution is -0.0397. The van der Waals surface area contributed by atoms with Crippen LogP contribution in [0.5, 0.6) is 0 Å². The van der Waals surface area contributed by atoms with Crippen molar-refractivity contribution in [3.8, 4) is 77.9 Å². The van der Waals surface area contributed by atoms with Crippen LogP contribution in [0.15, 0.2) is 237 Å². The summed E-state index contributed by atoms with van der Waals surface area (Å²) in [5.74, 6) is 2.97. The van der Waals surface area contributed by atoms with Crippen molar-refractivity contribution in [3.63, 3.8) is 0 Å². The highest BCUT2D eigenvalue weighted by Crippen LogP contribution is 2.71. The molecule has 0 aliphatic heterocycles. The molecule has 0 amide bonds. The van der Waals surface area contributed by atoms with E-state index in [1.807, 2.05) is 0 Å². The molecule has 74 heavy (non-hydrogen) atoms. The summed E-state index contributed by atoms with van der Waals surface area (Å²) >= 11 is 0. The van der Waals surface area contributed by atoms with Crippen LogP contribution in [-0.4, -0.2) is 0 Å². The van der Waals surface area contributed by atoms with Gasteiger partial charge in [0.15, 0.2) is 0 Å². The van der Waals surface area contributed by atoms with Crippen molar-refractivity contribution in [2.45, 2.75) is 56.8 Å². The molecule has 356 valence electrons. The Morgan fingerprint density at radius 2 is 0.757 bits per heavy atom. The second-order valence-corrected chi connectivity index (χ2v) is 22.8. The summed E-state index contributed by atoms with van der Waals surface area (Å²) in [5.41, 5.74) is 27.0. The SMILES string of the molecule is CC1(C)c2ccccc2-c2cc(N(c3cccc(-c4ccc(-c5ccccc5)cc4)c3)c3cccc4c3C3(c5ccccc5-4)C4CC5CC(C4)CC3C5)ccc2-c2ccccc2-c2ccc(-c3ccccc3)cc21. The van der Waals surface area contributed by atoms with E-state index >= 15 is 0 Å². The minimum Gasteiger partial charge on any atom is -0.310 e. The first-order valence-corrected chi connectivity index (χ1v) is 27.2. The molecule has 0 heterocycles. The van der Waals surface area contributed by atoms with Gasteiger partial charge in [-0.2, -0.15) is 0 Å². The fraction of sp³-hybridized carbons (Fsp3) is 0.178. The number of hydrogen-bond acceptors (Lipinski definition) is 1. The normalized spacial score (nSPS) is 21.0. The summed E-state index contributed by atoms with van der Waals surface area (Å²) in [5, 5.41) is 0. The molecule has 4 fully saturated rings. The lowest BCUT2D eigenvalue weighted by Gasteiger charge is -2.61. The van der Waals surface area contributed by atoms with Gasteiger partial charge in [-0.25, -0.2) is 0 Å². The Balaban J connectivity index is 0.970. The van der Waals surface area contributed by atoms with Crippen molar-refractivity contribution in [1.29, 1.82) is 0 Å². The predicted octanol–water partition coefficient (Wildman–Crippen LogP) is 19.5. The molecule has 1 heteroatoms. The lowest BCUT2D eigenvalue weighted by atomic mass is 9.43. The van der Waals surface area contributed by atoms with E-state index in [9.17, 15) is 0 Å². The first-order valence-electron chi connectivity index (χ1n) is 27.2. The Kier molecular flexibility index (Phi) is 9.87. The smallest absolute Gasteiger partial charge is 0.0509 e. The average Bonchev–Trinajstić information content (AvgIpc) is 3.92. The zero-order valence-electron chi connectivity index (χ0n) is 42.3. The van der Waals surface area contributed by atoms with E-state index in [1.54, 1.807) is 11.1 Å². The maximum Gasteiger partial charge on any atom is 0.0509 e. The van der Waals surface area contributed by atoms with Gasteiger partial charge < -0.3 is 4.90 Å². The molecule has 1 spiro atoms. The first kappa shape index (κ1) is 43.6. The summed E-state index contributed by atoms with van der Waals surface area (Å²) in [6.07, 6.45) is 6.78. The van der Waals surface area contributed by atoms with Crippen molar-refractivity contribution in [2.24, 2.45) is 23.7 Å². The van der Waals surface area contributed by atoms with Gasteiger partial charge in [0.05, 0.1) is 5.69 Å². The summed E-state index contributed by atoms with van der Waals surface area (Å²) < 4.78 is 0. The third-order valence-corrected chi connectivity index (χ3v) is 18.7. The molecule has 0 N–H and O–H groups in total. The lowest BCUT2D eigenvalue weighted by Crippen LogP contribution is -2.55. The van der Waals surface area contributed by atoms with E-state index in [4.69, 9.17) is 0 Å². The summed E-state index contributed by atoms with van der Waals surface area (Å²) in [6, 6.07) is 90.1. The third-order valence-electron chi connectivity index (χ3n) is 18.7. The Hall–Kier alpha value is -8.00. The van der Waals surface area contributed by atoms with Gasteiger partial charge in [-0.15, -0.1) is 0 Å². The molecule has 1 nitrogen and oxygen atoms in total. The summed E-state index contributed by atoms with van der Waals surface area (Å²) in [6.45, 7) is 4.88. The van der Waals surface area contributed by atoms with Crippen LogP contribution in [0.1, 0.15) is 68.2 Å². The van der Waals surface area contributed by atoms with Crippen LogP contribution in [0.3, 0.4) is 0 Å². The van der Waals surface area contributed by atoms with Gasteiger partial charge in [-0.1, -0.05) is 214 Å². The number of rotatable bonds is 6. The Bertz CT molecular complexity index is 3790. The summed E-state index contributed by atoms with van der Waals surface area (Å²) in [4.78, 5) is 2.67. The molecule has 16 rings (SSSR count). The van der Waals surface area contributed by atoms with Crippen LogP contribution in [0.25, 0.3) is 77.9 Å². The van der Waals surface area contributed by atoms with Crippen LogP contribution < -0.4 is 4.90 Å². The second-order valence-electron chi connectivity index (χ2n) is 22.8. The first-order chi connectivity index (χ1) is 36.4. The molecule has 0 aromatic heterocycles. The zero-order valence-corrected chi connectivity index (χ0v) is 42.3. The van der Waals surface area contributed by atoms with Crippen LogP contribution in [-0.2, 0) is 10.8 Å². The molecule has 0 radical (unpaired) electrons. The largest absolute Gasteiger partial charge is 0.310 e. The molecule has 6 aliphatic rings. The van der Waals surface area contributed by atoms with Gasteiger partial charge in [0, 0.05) is 22.2 Å². The molecule has 10 aromatic rings. The van der Waals surface area contributed by atoms with Crippen molar-refractivity contribution < 1.29 is 0 Å². The minimum atomic E-state index is -0.344. The maximum atomic E-state index is 2.67. The van der Waals surface area contributed by atoms with Gasteiger partial charge in [-0.05, 0) is 192 Å². The van der Waals surface area contributed by atoms with Crippen molar-refractivity contribution in [2.75, 3.05) is 4.90 Å². The predicted molar refractivity (Wildman–Crippen MR) is 309 cm³/mol. The van der Waals surface area contributed by atoms with Crippen molar-refractivity contribution in [1.82, 2.24) is 0 Å². The third kappa shape index (κ3) is 6.55. The quantitative estimate of drug-likeness (QED) is 0.161. The molecular formula is C73H59N. The van der Waals surface area contributed by atoms with Gasteiger partial charge in [-0.3, -0.25) is 0 Å². The van der Waals surface area contributed by atoms with E-state index in [0.29, 0.717) is 11.8 Å². The molecule has 4 bridgehead atoms. The number of nitrogens with zero attached hydrogens (tertiary/aromatic N) is 1. The Labute approximate surface area is 436 Å². The van der Waals surface area contributed by atoms with Gasteiger partial charge >= 0.3 is 0 Å². The Morgan fingerprint density at radius 3 is 1.45 bits per heavy atom. The summed E-state index contributed by atoms with van der Waals surface area (Å²) in [7, 11) is 0. The second kappa shape index (κ2) is 16.8. The van der Waals surface area contributed by atoms with E-state index < -0.39 is 0 Å². The molecule has 4 saturated carbocycles. The highest BCUT2D eigenvalue weighted by Gasteiger charge is 2.62. The van der Waals surface area contributed by atoms with Crippen molar-refractivity contribution >= 4 is 17.1 Å². The van der Waals surface area contributed by atoms with E-state index in [1.165, 1.54) is 138 Å². The topological polar surface area (TPSA) is 3.24 Å². The number of anilines is 3. The minimum absolute atomic E-state index is 0.0272. The van der Waals surface area contributed by atoms with Crippen LogP contribution >= 0.6 is 0 Å². The van der Waals surface area contributed by atoms with E-state index in [0.717, 1.165) is 11.8 Å². The number of benzene rings is 10. The molecule has 6 aliphatic carbocycles. The molecule has 0 saturated heterocycles. The standard InChI is InChI=1S/C73H59N/c1-72(2)67-28-13-11-26-63(67)66-46-58(36-38-61(66)59-23-9-10-24-60(59)64-37-35-54(45-69(64)72)50-19-7-4-8-20-50)74(57-22-15-21-53(44-57)52-33-31-51(32-34-52)49-17-5-3-6-18-49)70-30-16-27-65-62-25-12-14-29-68(62)73(71(65)70)55-40-47-39-48(42-55)43-56(73)41-47/h3-38,44-48,55-56H,39-43H2,1-2H3. The molecule has 10 aromatic carbocycles. The van der Waals surface area contributed by atoms with E-state index in [2.05, 4.69) is 255 Å². The number of fused-ring (bicyclic) bond motifs is 10. The molecular weight excluding hydrogens is 891 g/mol. The van der Waals surface area contributed by atoms with Crippen LogP contribution in [0.2, 0.25) is 0 Å². The Morgan fingerprint density at radius 1 is 0.311 bits per heavy atom. The van der Waals surface area contributed by atoms with Crippen molar-refractivity contribution in [3.05, 3.63) is 259 Å². The fourth-order valence-corrected chi connectivity index (χ4v) is 15.7. The van der Waals surface area contributed by atoms with Crippen LogP contribution in [0.4, 0.5) is 17.1 Å². The fourth-order valence-electron chi connectivity index (χ4n) is 15.7. The van der Waals surface area contributed by atoms with Gasteiger partial charge in [0.25, 0.3) is 0 Å². The van der Waals surface area contributed by atoms with Crippen LogP contribution in [0, 0.1) is 23.7 Å². The van der Waals surface area contributed by atoms with Gasteiger partial charge in [0.2, 0.25) is 0 Å². The zero-order chi connectivity index (χ0) is 49.1. The highest BCUT2D eigenvalue weighted by molar-refractivity contribution is 5.99.